The second-order valence-electron chi connectivity index (χ2n) is 9.59. The molecule has 1 fully saturated rings. The number of ketones is 1. The number of nitrogens with zero attached hydrogens (tertiary/aromatic N) is 4. The number of aliphatic imine (C=N–C) groups is 1. The molecule has 35 heavy (non-hydrogen) atoms. The van der Waals surface area contributed by atoms with Crippen molar-refractivity contribution >= 4 is 17.6 Å². The van der Waals surface area contributed by atoms with Gasteiger partial charge in [0.05, 0.1) is 19.4 Å². The molecule has 6 heteroatoms. The van der Waals surface area contributed by atoms with Crippen LogP contribution in [0.25, 0.3) is 6.08 Å². The molecule has 2 aromatic carbocycles. The molecule has 3 aromatic rings. The maximum atomic E-state index is 13.2. The number of likely N-dealkylation sites (tertiary alicyclic amines) is 1. The Bertz CT molecular complexity index is 1330. The number of hydrogen-bond donors (Lipinski definition) is 0. The van der Waals surface area contributed by atoms with E-state index in [0.29, 0.717) is 19.0 Å². The summed E-state index contributed by atoms with van der Waals surface area (Å²) in [7, 11) is 1.56. The van der Waals surface area contributed by atoms with Crippen molar-refractivity contribution in [3.8, 4) is 6.01 Å². The Labute approximate surface area is 205 Å². The lowest BCUT2D eigenvalue weighted by Crippen LogP contribution is -2.37. The van der Waals surface area contributed by atoms with Crippen LogP contribution >= 0.6 is 0 Å². The summed E-state index contributed by atoms with van der Waals surface area (Å²) in [5, 5.41) is 0. The van der Waals surface area contributed by atoms with Gasteiger partial charge in [-0.2, -0.15) is 0 Å². The molecule has 2 aliphatic heterocycles. The van der Waals surface area contributed by atoms with E-state index in [1.165, 1.54) is 5.56 Å². The highest BCUT2D eigenvalue weighted by atomic mass is 16.5. The average Bonchev–Trinajstić information content (AvgIpc) is 3.30. The molecular formula is C29H28N4O2. The number of piperidine rings is 1. The van der Waals surface area contributed by atoms with Crippen molar-refractivity contribution in [3.63, 3.8) is 0 Å². The Balaban J connectivity index is 1.26. The summed E-state index contributed by atoms with van der Waals surface area (Å²) >= 11 is 0. The average molecular weight is 465 g/mol. The van der Waals surface area contributed by atoms with Gasteiger partial charge in [0.25, 0.3) is 0 Å². The Morgan fingerprint density at radius 1 is 1.09 bits per heavy atom. The first-order valence-electron chi connectivity index (χ1n) is 12.3. The summed E-state index contributed by atoms with van der Waals surface area (Å²) < 4.78 is 5.09. The molecule has 0 saturated carbocycles. The van der Waals surface area contributed by atoms with Crippen LogP contribution in [0.15, 0.2) is 65.4 Å². The minimum atomic E-state index is 0.270. The van der Waals surface area contributed by atoms with Crippen LogP contribution in [-0.2, 0) is 24.3 Å². The molecule has 0 radical (unpaired) electrons. The molecule has 1 atom stereocenters. The van der Waals surface area contributed by atoms with Gasteiger partial charge in [0.1, 0.15) is 0 Å². The van der Waals surface area contributed by atoms with Gasteiger partial charge >= 0.3 is 6.01 Å². The Kier molecular flexibility index (Phi) is 5.74. The summed E-state index contributed by atoms with van der Waals surface area (Å²) in [6.45, 7) is 3.57. The second kappa shape index (κ2) is 9.19. The number of Topliss-reactive ketones (excluding diaryl/α,β-unsaturated/α-hetero) is 1. The predicted octanol–water partition coefficient (Wildman–Crippen LogP) is 4.26. The summed E-state index contributed by atoms with van der Waals surface area (Å²) in [4.78, 5) is 29.0. The number of carbonyl (C=O) groups is 1. The monoisotopic (exact) mass is 464 g/mol. The standard InChI is InChI=1S/C29H28N4O2/c1-35-29-31-15-24(16-32-29)28-26-12-22-11-25(27(34)13-21(22)10-23(26)14-30-28)20-8-5-9-33(18-20)17-19-6-3-2-4-7-19/h2-4,6-7,10-12,15-16,20H,5,8-9,13-14,17-18H2,1H3. The smallest absolute Gasteiger partial charge is 0.316 e. The minimum absolute atomic E-state index is 0.270. The lowest BCUT2D eigenvalue weighted by Gasteiger charge is -2.34. The van der Waals surface area contributed by atoms with Crippen molar-refractivity contribution in [1.82, 2.24) is 14.9 Å². The van der Waals surface area contributed by atoms with Crippen LogP contribution in [0.3, 0.4) is 0 Å². The number of hydrogen-bond acceptors (Lipinski definition) is 6. The van der Waals surface area contributed by atoms with Gasteiger partial charge in [-0.05, 0) is 53.8 Å². The summed E-state index contributed by atoms with van der Waals surface area (Å²) in [6.07, 6.45) is 8.33. The highest BCUT2D eigenvalue weighted by Gasteiger charge is 2.30. The molecule has 1 aromatic heterocycles. The van der Waals surface area contributed by atoms with Gasteiger partial charge in [-0.1, -0.05) is 36.4 Å². The first-order chi connectivity index (χ1) is 17.2. The van der Waals surface area contributed by atoms with E-state index in [1.807, 2.05) is 0 Å². The van der Waals surface area contributed by atoms with Crippen LogP contribution < -0.4 is 4.74 Å². The van der Waals surface area contributed by atoms with Gasteiger partial charge in [-0.25, -0.2) is 9.97 Å². The molecule has 0 bridgehead atoms. The fourth-order valence-electron chi connectivity index (χ4n) is 5.55. The highest BCUT2D eigenvalue weighted by molar-refractivity contribution is 6.15. The second-order valence-corrected chi connectivity index (χ2v) is 9.59. The minimum Gasteiger partial charge on any atom is -0.467 e. The zero-order valence-corrected chi connectivity index (χ0v) is 19.9. The van der Waals surface area contributed by atoms with E-state index >= 15 is 0 Å². The quantitative estimate of drug-likeness (QED) is 0.565. The molecule has 1 aliphatic carbocycles. The lowest BCUT2D eigenvalue weighted by molar-refractivity contribution is -0.115. The molecular weight excluding hydrogens is 436 g/mol. The first kappa shape index (κ1) is 21.9. The number of rotatable bonds is 5. The van der Waals surface area contributed by atoms with Crippen molar-refractivity contribution < 1.29 is 9.53 Å². The number of carbonyl (C=O) groups excluding carboxylic acids is 1. The molecule has 0 amide bonds. The van der Waals surface area contributed by atoms with Crippen LogP contribution in [0.5, 0.6) is 6.01 Å². The third-order valence-electron chi connectivity index (χ3n) is 7.29. The number of fused-ring (bicyclic) bond motifs is 2. The fourth-order valence-corrected chi connectivity index (χ4v) is 5.55. The maximum Gasteiger partial charge on any atom is 0.316 e. The van der Waals surface area contributed by atoms with E-state index in [0.717, 1.165) is 71.6 Å². The van der Waals surface area contributed by atoms with Gasteiger partial charge in [-0.3, -0.25) is 14.7 Å². The third-order valence-corrected chi connectivity index (χ3v) is 7.29. The molecule has 176 valence electrons. The van der Waals surface area contributed by atoms with E-state index in [-0.39, 0.29) is 11.7 Å². The summed E-state index contributed by atoms with van der Waals surface area (Å²) in [5.41, 5.74) is 8.61. The van der Waals surface area contributed by atoms with Crippen molar-refractivity contribution in [1.29, 1.82) is 0 Å². The molecule has 1 saturated heterocycles. The van der Waals surface area contributed by atoms with Crippen molar-refractivity contribution in [2.75, 3.05) is 20.2 Å². The highest BCUT2D eigenvalue weighted by Crippen LogP contribution is 2.35. The topological polar surface area (TPSA) is 67.7 Å². The van der Waals surface area contributed by atoms with Gasteiger partial charge in [0, 0.05) is 54.5 Å². The molecule has 1 unspecified atom stereocenters. The van der Waals surface area contributed by atoms with Crippen LogP contribution in [0.2, 0.25) is 0 Å². The van der Waals surface area contributed by atoms with Crippen molar-refractivity contribution in [3.05, 3.63) is 93.8 Å². The van der Waals surface area contributed by atoms with Gasteiger partial charge in [0.2, 0.25) is 0 Å². The molecule has 3 heterocycles. The van der Waals surface area contributed by atoms with Crippen LogP contribution in [0, 0.1) is 5.92 Å². The molecule has 0 N–H and O–H groups in total. The number of benzene rings is 2. The van der Waals surface area contributed by atoms with Crippen LogP contribution in [0.4, 0.5) is 0 Å². The van der Waals surface area contributed by atoms with Crippen molar-refractivity contribution in [2.24, 2.45) is 10.9 Å². The van der Waals surface area contributed by atoms with Gasteiger partial charge in [0.15, 0.2) is 5.78 Å². The number of aromatic nitrogens is 2. The Hall–Kier alpha value is -3.64. The molecule has 6 nitrogen and oxygen atoms in total. The van der Waals surface area contributed by atoms with Crippen LogP contribution in [0.1, 0.15) is 46.2 Å². The molecule has 3 aliphatic rings. The van der Waals surface area contributed by atoms with Crippen molar-refractivity contribution in [2.45, 2.75) is 32.4 Å². The van der Waals surface area contributed by atoms with Crippen LogP contribution in [-0.4, -0.2) is 46.6 Å². The first-order valence-corrected chi connectivity index (χ1v) is 12.3. The normalized spacial score (nSPS) is 19.6. The predicted molar refractivity (Wildman–Crippen MR) is 135 cm³/mol. The SMILES string of the molecule is COc1ncc(C2=NCc3cc4c(cc32)C=C(C2CCCN(Cc3ccccc3)C2)C(=O)C4)cn1. The van der Waals surface area contributed by atoms with Gasteiger partial charge < -0.3 is 4.74 Å². The van der Waals surface area contributed by atoms with E-state index in [4.69, 9.17) is 9.73 Å². The zero-order chi connectivity index (χ0) is 23.8. The third kappa shape index (κ3) is 4.30. The largest absolute Gasteiger partial charge is 0.467 e. The van der Waals surface area contributed by atoms with E-state index in [9.17, 15) is 4.79 Å². The zero-order valence-electron chi connectivity index (χ0n) is 19.9. The fraction of sp³-hybridized carbons (Fsp3) is 0.310. The summed E-state index contributed by atoms with van der Waals surface area (Å²) in [5.74, 6) is 0.552. The molecule has 0 spiro atoms. The Morgan fingerprint density at radius 3 is 2.71 bits per heavy atom. The molecule has 6 rings (SSSR count). The number of ether oxygens (including phenoxy) is 1. The van der Waals surface area contributed by atoms with Gasteiger partial charge in [-0.15, -0.1) is 0 Å². The maximum absolute atomic E-state index is 13.2. The Morgan fingerprint density at radius 2 is 1.91 bits per heavy atom. The van der Waals surface area contributed by atoms with E-state index < -0.39 is 0 Å². The van der Waals surface area contributed by atoms with E-state index in [1.54, 1.807) is 19.5 Å². The lowest BCUT2D eigenvalue weighted by atomic mass is 9.80. The van der Waals surface area contributed by atoms with E-state index in [2.05, 4.69) is 63.4 Å². The number of methoxy groups -OCH3 is 1. The summed E-state index contributed by atoms with van der Waals surface area (Å²) in [6, 6.07) is 15.3.